The van der Waals surface area contributed by atoms with Crippen LogP contribution >= 0.6 is 22.7 Å². The standard InChI is InChI=1S/C14H11N3O2S2/c1-9-2-4-10(5-3-9)15-14-16-11(8-20-14)12-6-7-13(21-12)17(18)19/h2-8H,1H3,(H,15,16). The van der Waals surface area contributed by atoms with Gasteiger partial charge >= 0.3 is 5.00 Å². The molecule has 2 aromatic heterocycles. The molecule has 0 spiro atoms. The second-order valence-corrected chi connectivity index (χ2v) is 6.34. The van der Waals surface area contributed by atoms with Crippen LogP contribution in [0.4, 0.5) is 15.8 Å². The second-order valence-electron chi connectivity index (χ2n) is 4.42. The summed E-state index contributed by atoms with van der Waals surface area (Å²) in [5.41, 5.74) is 2.93. The van der Waals surface area contributed by atoms with Gasteiger partial charge in [0.2, 0.25) is 0 Å². The number of nitrogens with zero attached hydrogens (tertiary/aromatic N) is 2. The van der Waals surface area contributed by atoms with Crippen LogP contribution < -0.4 is 5.32 Å². The van der Waals surface area contributed by atoms with Crippen molar-refractivity contribution < 1.29 is 4.92 Å². The topological polar surface area (TPSA) is 68.1 Å². The minimum absolute atomic E-state index is 0.131. The van der Waals surface area contributed by atoms with E-state index in [0.717, 1.165) is 32.7 Å². The molecule has 21 heavy (non-hydrogen) atoms. The molecule has 106 valence electrons. The Bertz CT molecular complexity index is 778. The molecule has 0 aliphatic carbocycles. The number of rotatable bonds is 4. The fraction of sp³-hybridized carbons (Fsp3) is 0.0714. The molecule has 0 atom stereocenters. The third kappa shape index (κ3) is 3.09. The average Bonchev–Trinajstić information content (AvgIpc) is 3.10. The quantitative estimate of drug-likeness (QED) is 0.552. The van der Waals surface area contributed by atoms with Crippen molar-refractivity contribution in [1.29, 1.82) is 0 Å². The predicted octanol–water partition coefficient (Wildman–Crippen LogP) is 4.83. The minimum atomic E-state index is -0.383. The van der Waals surface area contributed by atoms with Gasteiger partial charge in [0.25, 0.3) is 0 Å². The summed E-state index contributed by atoms with van der Waals surface area (Å²) in [5, 5.41) is 16.7. The molecule has 1 aromatic carbocycles. The van der Waals surface area contributed by atoms with Gasteiger partial charge in [-0.1, -0.05) is 29.0 Å². The molecule has 0 bridgehead atoms. The van der Waals surface area contributed by atoms with E-state index < -0.39 is 0 Å². The van der Waals surface area contributed by atoms with E-state index in [-0.39, 0.29) is 9.92 Å². The summed E-state index contributed by atoms with van der Waals surface area (Å²) < 4.78 is 0. The molecule has 0 amide bonds. The molecule has 1 N–H and O–H groups in total. The van der Waals surface area contributed by atoms with Crippen LogP contribution in [0.15, 0.2) is 41.8 Å². The molecule has 0 saturated carbocycles. The van der Waals surface area contributed by atoms with Crippen LogP contribution in [0.1, 0.15) is 5.56 Å². The fourth-order valence-corrected chi connectivity index (χ4v) is 3.35. The molecule has 0 aliphatic heterocycles. The lowest BCUT2D eigenvalue weighted by Crippen LogP contribution is -1.89. The molecular formula is C14H11N3O2S2. The second kappa shape index (κ2) is 5.63. The first-order chi connectivity index (χ1) is 10.1. The number of hydrogen-bond acceptors (Lipinski definition) is 6. The highest BCUT2D eigenvalue weighted by Crippen LogP contribution is 2.34. The van der Waals surface area contributed by atoms with Crippen LogP contribution in [0.2, 0.25) is 0 Å². The molecule has 0 unspecified atom stereocenters. The first-order valence-corrected chi connectivity index (χ1v) is 7.85. The van der Waals surface area contributed by atoms with Crippen molar-refractivity contribution in [3.8, 4) is 10.6 Å². The third-order valence-corrected chi connectivity index (χ3v) is 4.65. The molecule has 0 fully saturated rings. The molecule has 3 aromatic rings. The highest BCUT2D eigenvalue weighted by molar-refractivity contribution is 7.19. The normalized spacial score (nSPS) is 10.5. The van der Waals surface area contributed by atoms with Gasteiger partial charge in [-0.05, 0) is 25.1 Å². The largest absolute Gasteiger partial charge is 0.332 e. The first kappa shape index (κ1) is 13.7. The Balaban J connectivity index is 1.79. The smallest absolute Gasteiger partial charge is 0.324 e. The van der Waals surface area contributed by atoms with Crippen molar-refractivity contribution in [2.24, 2.45) is 0 Å². The minimum Gasteiger partial charge on any atom is -0.332 e. The Labute approximate surface area is 129 Å². The number of hydrogen-bond donors (Lipinski definition) is 1. The SMILES string of the molecule is Cc1ccc(Nc2nc(-c3ccc([N+](=O)[O-])s3)cs2)cc1. The van der Waals surface area contributed by atoms with E-state index in [1.54, 1.807) is 6.07 Å². The molecular weight excluding hydrogens is 306 g/mol. The van der Waals surface area contributed by atoms with Gasteiger partial charge in [-0.2, -0.15) is 0 Å². The summed E-state index contributed by atoms with van der Waals surface area (Å²) >= 11 is 2.61. The van der Waals surface area contributed by atoms with Gasteiger partial charge in [-0.15, -0.1) is 11.3 Å². The lowest BCUT2D eigenvalue weighted by molar-refractivity contribution is -0.380. The van der Waals surface area contributed by atoms with E-state index >= 15 is 0 Å². The zero-order valence-corrected chi connectivity index (χ0v) is 12.7. The van der Waals surface area contributed by atoms with Gasteiger partial charge in [0.1, 0.15) is 0 Å². The first-order valence-electron chi connectivity index (χ1n) is 6.15. The van der Waals surface area contributed by atoms with Crippen LogP contribution in [0.3, 0.4) is 0 Å². The van der Waals surface area contributed by atoms with E-state index in [2.05, 4.69) is 10.3 Å². The van der Waals surface area contributed by atoms with Crippen molar-refractivity contribution >= 4 is 38.5 Å². The van der Waals surface area contributed by atoms with E-state index in [9.17, 15) is 10.1 Å². The van der Waals surface area contributed by atoms with Crippen LogP contribution in [0.5, 0.6) is 0 Å². The van der Waals surface area contributed by atoms with Crippen molar-refractivity contribution in [2.45, 2.75) is 6.92 Å². The van der Waals surface area contributed by atoms with E-state index in [0.29, 0.717) is 0 Å². The molecule has 2 heterocycles. The summed E-state index contributed by atoms with van der Waals surface area (Å²) in [7, 11) is 0. The van der Waals surface area contributed by atoms with Crippen LogP contribution in [-0.4, -0.2) is 9.91 Å². The van der Waals surface area contributed by atoms with Crippen LogP contribution in [-0.2, 0) is 0 Å². The van der Waals surface area contributed by atoms with E-state index in [1.807, 2.05) is 36.6 Å². The zero-order valence-electron chi connectivity index (χ0n) is 11.1. The van der Waals surface area contributed by atoms with Gasteiger partial charge in [0, 0.05) is 17.1 Å². The summed E-state index contributed by atoms with van der Waals surface area (Å²) in [6, 6.07) is 11.3. The Hall–Kier alpha value is -2.25. The number of thiazole rings is 1. The highest BCUT2D eigenvalue weighted by Gasteiger charge is 2.13. The third-order valence-electron chi connectivity index (χ3n) is 2.83. The lowest BCUT2D eigenvalue weighted by Gasteiger charge is -2.02. The predicted molar refractivity (Wildman–Crippen MR) is 86.5 cm³/mol. The van der Waals surface area contributed by atoms with Crippen molar-refractivity contribution in [1.82, 2.24) is 4.98 Å². The van der Waals surface area contributed by atoms with Crippen LogP contribution in [0.25, 0.3) is 10.6 Å². The van der Waals surface area contributed by atoms with E-state index in [1.165, 1.54) is 23.0 Å². The Morgan fingerprint density at radius 3 is 2.62 bits per heavy atom. The Kier molecular flexibility index (Phi) is 3.68. The zero-order chi connectivity index (χ0) is 14.8. The number of anilines is 2. The van der Waals surface area contributed by atoms with Crippen molar-refractivity contribution in [3.05, 3.63) is 57.5 Å². The molecule has 7 heteroatoms. The fourth-order valence-electron chi connectivity index (χ4n) is 1.77. The van der Waals surface area contributed by atoms with Gasteiger partial charge < -0.3 is 5.32 Å². The maximum absolute atomic E-state index is 10.7. The van der Waals surface area contributed by atoms with Crippen LogP contribution in [0, 0.1) is 17.0 Å². The summed E-state index contributed by atoms with van der Waals surface area (Å²) in [4.78, 5) is 15.6. The number of aryl methyl sites for hydroxylation is 1. The maximum atomic E-state index is 10.7. The monoisotopic (exact) mass is 317 g/mol. The molecule has 0 aliphatic rings. The van der Waals surface area contributed by atoms with E-state index in [4.69, 9.17) is 0 Å². The lowest BCUT2D eigenvalue weighted by atomic mass is 10.2. The molecule has 0 radical (unpaired) electrons. The number of benzene rings is 1. The average molecular weight is 317 g/mol. The summed E-state index contributed by atoms with van der Waals surface area (Å²) in [5.74, 6) is 0. The van der Waals surface area contributed by atoms with Gasteiger partial charge in [0.15, 0.2) is 5.13 Å². The maximum Gasteiger partial charge on any atom is 0.324 e. The molecule has 3 rings (SSSR count). The summed E-state index contributed by atoms with van der Waals surface area (Å²) in [6.07, 6.45) is 0. The highest BCUT2D eigenvalue weighted by atomic mass is 32.1. The van der Waals surface area contributed by atoms with Crippen molar-refractivity contribution in [3.63, 3.8) is 0 Å². The number of thiophene rings is 1. The van der Waals surface area contributed by atoms with Gasteiger partial charge in [-0.25, -0.2) is 4.98 Å². The molecule has 0 saturated heterocycles. The Morgan fingerprint density at radius 1 is 1.19 bits per heavy atom. The van der Waals surface area contributed by atoms with Gasteiger partial charge in [0.05, 0.1) is 15.5 Å². The number of nitrogens with one attached hydrogen (secondary N) is 1. The number of nitro groups is 1. The van der Waals surface area contributed by atoms with Gasteiger partial charge in [-0.3, -0.25) is 10.1 Å². The summed E-state index contributed by atoms with van der Waals surface area (Å²) in [6.45, 7) is 2.04. The van der Waals surface area contributed by atoms with Crippen molar-refractivity contribution in [2.75, 3.05) is 5.32 Å². The number of aromatic nitrogens is 1. The molecule has 5 nitrogen and oxygen atoms in total. The Morgan fingerprint density at radius 2 is 1.95 bits per heavy atom.